The largest absolute Gasteiger partial charge is 0.310 e. The van der Waals surface area contributed by atoms with Crippen molar-refractivity contribution in [1.29, 1.82) is 0 Å². The summed E-state index contributed by atoms with van der Waals surface area (Å²) in [5, 5.41) is 2.54. The third kappa shape index (κ3) is 6.48. The lowest BCUT2D eigenvalue weighted by atomic mass is 9.67. The van der Waals surface area contributed by atoms with E-state index >= 15 is 0 Å². The van der Waals surface area contributed by atoms with Gasteiger partial charge in [-0.1, -0.05) is 188 Å². The van der Waals surface area contributed by atoms with Crippen LogP contribution >= 0.6 is 0 Å². The van der Waals surface area contributed by atoms with E-state index in [1.54, 1.807) is 0 Å². The van der Waals surface area contributed by atoms with E-state index in [1.807, 2.05) is 0 Å². The Kier molecular flexibility index (Phi) is 9.65. The van der Waals surface area contributed by atoms with Crippen molar-refractivity contribution in [3.05, 3.63) is 288 Å². The van der Waals surface area contributed by atoms with Crippen LogP contribution in [0, 0.1) is 0 Å². The first-order valence-electron chi connectivity index (χ1n) is 24.0. The number of rotatable bonds is 9. The second kappa shape index (κ2) is 16.5. The standard InChI is InChI=1S/C66H48N2/c1-4-18-46(19-5-1)47-34-37-55(38-35-47)67(57-39-40-59-58-30-12-14-32-62(58)66(63(59)45-57,53-25-10-11-26-53)52-23-6-2-7-24-52)56-29-17-22-50(43-56)48-20-16-21-49(42-48)51-36-41-65-61(44-51)60-31-13-15-33-64(60)68(65)54-27-8-3-9-28-54/h1-10,12-15,17-19,21-45H,11,16,20H2. The van der Waals surface area contributed by atoms with Gasteiger partial charge in [-0.15, -0.1) is 0 Å². The number of nitrogens with zero attached hydrogens (tertiary/aromatic N) is 2. The molecule has 13 rings (SSSR count). The molecule has 0 N–H and O–H groups in total. The fourth-order valence-corrected chi connectivity index (χ4v) is 11.5. The van der Waals surface area contributed by atoms with E-state index in [4.69, 9.17) is 0 Å². The molecular formula is C66H48N2. The number of hydrogen-bond donors (Lipinski definition) is 0. The van der Waals surface area contributed by atoms with E-state index in [-0.39, 0.29) is 0 Å². The predicted octanol–water partition coefficient (Wildman–Crippen LogP) is 17.4. The molecule has 68 heavy (non-hydrogen) atoms. The van der Waals surface area contributed by atoms with Crippen molar-refractivity contribution in [2.75, 3.05) is 4.90 Å². The van der Waals surface area contributed by atoms with Gasteiger partial charge in [0.05, 0.1) is 16.4 Å². The van der Waals surface area contributed by atoms with Gasteiger partial charge in [0.1, 0.15) is 0 Å². The fourth-order valence-electron chi connectivity index (χ4n) is 11.5. The van der Waals surface area contributed by atoms with Crippen LogP contribution in [-0.2, 0) is 5.41 Å². The second-order valence-corrected chi connectivity index (χ2v) is 18.3. The summed E-state index contributed by atoms with van der Waals surface area (Å²) in [7, 11) is 0. The van der Waals surface area contributed by atoms with E-state index in [0.717, 1.165) is 36.3 Å². The quantitative estimate of drug-likeness (QED) is 0.140. The number of para-hydroxylation sites is 2. The Morgan fingerprint density at radius 1 is 0.441 bits per heavy atom. The van der Waals surface area contributed by atoms with Crippen LogP contribution in [0.15, 0.2) is 260 Å². The molecule has 0 fully saturated rings. The predicted molar refractivity (Wildman–Crippen MR) is 286 cm³/mol. The van der Waals surface area contributed by atoms with Crippen molar-refractivity contribution in [2.45, 2.75) is 24.7 Å². The van der Waals surface area contributed by atoms with Crippen molar-refractivity contribution in [2.24, 2.45) is 0 Å². The first kappa shape index (κ1) is 39.9. The fraction of sp³-hybridized carbons (Fsp3) is 0.0606. The molecule has 2 heteroatoms. The molecule has 0 spiro atoms. The lowest BCUT2D eigenvalue weighted by molar-refractivity contribution is 0.768. The molecule has 10 aromatic rings. The van der Waals surface area contributed by atoms with Gasteiger partial charge in [-0.3, -0.25) is 0 Å². The highest BCUT2D eigenvalue weighted by Gasteiger charge is 2.47. The van der Waals surface area contributed by atoms with Crippen molar-refractivity contribution in [3.63, 3.8) is 0 Å². The van der Waals surface area contributed by atoms with E-state index in [2.05, 4.69) is 264 Å². The zero-order chi connectivity index (χ0) is 45.0. The zero-order valence-electron chi connectivity index (χ0n) is 37.8. The lowest BCUT2D eigenvalue weighted by Crippen LogP contribution is -2.28. The molecule has 322 valence electrons. The molecule has 3 aliphatic carbocycles. The third-order valence-corrected chi connectivity index (χ3v) is 14.5. The minimum absolute atomic E-state index is 0.448. The van der Waals surface area contributed by atoms with Gasteiger partial charge < -0.3 is 9.47 Å². The molecule has 3 aliphatic rings. The highest BCUT2D eigenvalue weighted by molar-refractivity contribution is 6.10. The van der Waals surface area contributed by atoms with E-state index in [1.165, 1.54) is 94.3 Å². The summed E-state index contributed by atoms with van der Waals surface area (Å²) in [4.78, 5) is 2.47. The average molecular weight is 869 g/mol. The van der Waals surface area contributed by atoms with E-state index < -0.39 is 5.41 Å². The molecule has 1 atom stereocenters. The van der Waals surface area contributed by atoms with Crippen LogP contribution in [-0.4, -0.2) is 4.57 Å². The Hall–Kier alpha value is -8.46. The van der Waals surface area contributed by atoms with Crippen LogP contribution < -0.4 is 4.90 Å². The molecule has 1 aromatic heterocycles. The van der Waals surface area contributed by atoms with Gasteiger partial charge in [-0.05, 0) is 153 Å². The molecule has 0 saturated heterocycles. The Labute approximate surface area is 398 Å². The zero-order valence-corrected chi connectivity index (χ0v) is 37.8. The molecule has 1 heterocycles. The number of aromatic nitrogens is 1. The number of hydrogen-bond acceptors (Lipinski definition) is 1. The van der Waals surface area contributed by atoms with Gasteiger partial charge in [-0.2, -0.15) is 0 Å². The third-order valence-electron chi connectivity index (χ3n) is 14.5. The summed E-state index contributed by atoms with van der Waals surface area (Å²) < 4.78 is 2.39. The van der Waals surface area contributed by atoms with Gasteiger partial charge in [0.25, 0.3) is 0 Å². The first-order valence-corrected chi connectivity index (χ1v) is 24.0. The molecule has 0 bridgehead atoms. The number of anilines is 3. The maximum atomic E-state index is 2.48. The molecule has 0 radical (unpaired) electrons. The SMILES string of the molecule is C1=CC(C2(c3ccccc3)c3ccccc3-c3ccc(N(c4ccc(-c5ccccc5)cc4)c4cccc(C5=CC(c6ccc7c(c6)c6ccccc6n7-c6ccccc6)=CCC5)c4)cc32)=CC1. The maximum Gasteiger partial charge on any atom is 0.0711 e. The van der Waals surface area contributed by atoms with Gasteiger partial charge in [0, 0.05) is 33.5 Å². The molecule has 0 amide bonds. The summed E-state index contributed by atoms with van der Waals surface area (Å²) in [6.45, 7) is 0. The molecule has 0 aliphatic heterocycles. The van der Waals surface area contributed by atoms with Crippen molar-refractivity contribution in [3.8, 4) is 27.9 Å². The Bertz CT molecular complexity index is 3680. The minimum atomic E-state index is -0.448. The van der Waals surface area contributed by atoms with Gasteiger partial charge in [0.15, 0.2) is 0 Å². The molecule has 2 nitrogen and oxygen atoms in total. The van der Waals surface area contributed by atoms with Crippen LogP contribution in [0.1, 0.15) is 47.1 Å². The minimum Gasteiger partial charge on any atom is -0.310 e. The smallest absolute Gasteiger partial charge is 0.0711 e. The number of benzene rings is 9. The summed E-state index contributed by atoms with van der Waals surface area (Å²) in [6, 6.07) is 82.9. The summed E-state index contributed by atoms with van der Waals surface area (Å²) >= 11 is 0. The Morgan fingerprint density at radius 2 is 1.10 bits per heavy atom. The van der Waals surface area contributed by atoms with Gasteiger partial charge >= 0.3 is 0 Å². The van der Waals surface area contributed by atoms with E-state index in [0.29, 0.717) is 0 Å². The lowest BCUT2D eigenvalue weighted by Gasteiger charge is -2.35. The second-order valence-electron chi connectivity index (χ2n) is 18.3. The summed E-state index contributed by atoms with van der Waals surface area (Å²) in [5.41, 5.74) is 21.9. The molecule has 9 aromatic carbocycles. The summed E-state index contributed by atoms with van der Waals surface area (Å²) in [5.74, 6) is 0. The Morgan fingerprint density at radius 3 is 1.93 bits per heavy atom. The topological polar surface area (TPSA) is 8.17 Å². The highest BCUT2D eigenvalue weighted by atomic mass is 15.1. The number of allylic oxidation sites excluding steroid dienone is 8. The van der Waals surface area contributed by atoms with Crippen LogP contribution in [0.3, 0.4) is 0 Å². The molecular weight excluding hydrogens is 821 g/mol. The summed E-state index contributed by atoms with van der Waals surface area (Å²) in [6.07, 6.45) is 14.8. The number of fused-ring (bicyclic) bond motifs is 6. The van der Waals surface area contributed by atoms with Gasteiger partial charge in [-0.25, -0.2) is 0 Å². The average Bonchev–Trinajstić information content (AvgIpc) is 4.15. The van der Waals surface area contributed by atoms with Crippen LogP contribution in [0.4, 0.5) is 17.1 Å². The highest BCUT2D eigenvalue weighted by Crippen LogP contribution is 2.58. The first-order chi connectivity index (χ1) is 33.7. The Balaban J connectivity index is 0.936. The normalized spacial score (nSPS) is 16.0. The molecule has 0 saturated carbocycles. The van der Waals surface area contributed by atoms with Crippen LogP contribution in [0.5, 0.6) is 0 Å². The van der Waals surface area contributed by atoms with Gasteiger partial charge in [0.2, 0.25) is 0 Å². The van der Waals surface area contributed by atoms with Crippen molar-refractivity contribution < 1.29 is 0 Å². The van der Waals surface area contributed by atoms with Crippen LogP contribution in [0.2, 0.25) is 0 Å². The van der Waals surface area contributed by atoms with E-state index in [9.17, 15) is 0 Å². The maximum absolute atomic E-state index is 2.48. The van der Waals surface area contributed by atoms with Crippen LogP contribution in [0.25, 0.3) is 60.9 Å². The monoisotopic (exact) mass is 868 g/mol. The van der Waals surface area contributed by atoms with Crippen molar-refractivity contribution in [1.82, 2.24) is 4.57 Å². The van der Waals surface area contributed by atoms with Crippen molar-refractivity contribution >= 4 is 50.0 Å². The molecule has 1 unspecified atom stereocenters.